The molecule has 1 aromatic rings. The van der Waals surface area contributed by atoms with Crippen LogP contribution < -0.4 is 10.6 Å². The van der Waals surface area contributed by atoms with Crippen LogP contribution in [0.2, 0.25) is 10.0 Å². The number of hydrogen-bond acceptors (Lipinski definition) is 2. The van der Waals surface area contributed by atoms with Crippen molar-refractivity contribution in [1.82, 2.24) is 10.6 Å². The first-order valence-corrected chi connectivity index (χ1v) is 6.66. The second kappa shape index (κ2) is 7.62. The molecule has 0 aliphatic rings. The van der Waals surface area contributed by atoms with E-state index in [0.29, 0.717) is 29.1 Å². The van der Waals surface area contributed by atoms with E-state index < -0.39 is 0 Å². The Morgan fingerprint density at radius 3 is 2.72 bits per heavy atom. The van der Waals surface area contributed by atoms with Crippen LogP contribution in [-0.4, -0.2) is 19.0 Å². The van der Waals surface area contributed by atoms with Gasteiger partial charge in [0, 0.05) is 13.1 Å². The van der Waals surface area contributed by atoms with E-state index in [0.717, 1.165) is 5.56 Å². The summed E-state index contributed by atoms with van der Waals surface area (Å²) >= 11 is 11.9. The molecule has 3 nitrogen and oxygen atoms in total. The quantitative estimate of drug-likeness (QED) is 0.845. The minimum Gasteiger partial charge on any atom is -0.355 e. The summed E-state index contributed by atoms with van der Waals surface area (Å²) in [4.78, 5) is 11.5. The minimum atomic E-state index is -0.0122. The van der Waals surface area contributed by atoms with Gasteiger partial charge in [0.15, 0.2) is 0 Å². The molecule has 0 unspecified atom stereocenters. The Morgan fingerprint density at radius 1 is 1.33 bits per heavy atom. The van der Waals surface area contributed by atoms with E-state index in [-0.39, 0.29) is 12.5 Å². The molecule has 0 bridgehead atoms. The summed E-state index contributed by atoms with van der Waals surface area (Å²) in [7, 11) is 0. The number of nitrogens with one attached hydrogen (secondary N) is 2. The van der Waals surface area contributed by atoms with E-state index in [1.807, 2.05) is 12.1 Å². The molecule has 2 N–H and O–H groups in total. The second-order valence-corrected chi connectivity index (χ2v) is 5.30. The van der Waals surface area contributed by atoms with Crippen LogP contribution >= 0.6 is 23.2 Å². The highest BCUT2D eigenvalue weighted by molar-refractivity contribution is 6.42. The van der Waals surface area contributed by atoms with Crippen LogP contribution in [0.25, 0.3) is 0 Å². The van der Waals surface area contributed by atoms with Gasteiger partial charge < -0.3 is 10.6 Å². The van der Waals surface area contributed by atoms with E-state index in [1.54, 1.807) is 6.07 Å². The van der Waals surface area contributed by atoms with Crippen LogP contribution in [-0.2, 0) is 11.3 Å². The molecule has 0 aliphatic carbocycles. The zero-order valence-electron chi connectivity index (χ0n) is 10.6. The summed E-state index contributed by atoms with van der Waals surface area (Å²) in [6, 6.07) is 5.46. The van der Waals surface area contributed by atoms with E-state index in [2.05, 4.69) is 24.5 Å². The van der Waals surface area contributed by atoms with Gasteiger partial charge in [-0.05, 0) is 17.5 Å². The van der Waals surface area contributed by atoms with Gasteiger partial charge in [0.1, 0.15) is 0 Å². The lowest BCUT2D eigenvalue weighted by Gasteiger charge is -2.09. The van der Waals surface area contributed by atoms with E-state index >= 15 is 0 Å². The summed E-state index contributed by atoms with van der Waals surface area (Å²) in [5.41, 5.74) is 0.890. The molecule has 1 rings (SSSR count). The molecule has 0 spiro atoms. The predicted molar refractivity (Wildman–Crippen MR) is 76.0 cm³/mol. The Hall–Kier alpha value is -0.770. The number of halogens is 2. The fourth-order valence-electron chi connectivity index (χ4n) is 1.38. The van der Waals surface area contributed by atoms with Gasteiger partial charge in [-0.2, -0.15) is 0 Å². The van der Waals surface area contributed by atoms with Crippen molar-refractivity contribution in [2.75, 3.05) is 13.1 Å². The lowest BCUT2D eigenvalue weighted by molar-refractivity contribution is -0.120. The molecular weight excluding hydrogens is 271 g/mol. The molecule has 0 aromatic heterocycles. The van der Waals surface area contributed by atoms with Crippen LogP contribution in [0.5, 0.6) is 0 Å². The third kappa shape index (κ3) is 5.25. The molecule has 0 saturated carbocycles. The van der Waals surface area contributed by atoms with Gasteiger partial charge in [0.25, 0.3) is 0 Å². The van der Waals surface area contributed by atoms with Crippen molar-refractivity contribution in [3.8, 4) is 0 Å². The van der Waals surface area contributed by atoms with Crippen molar-refractivity contribution in [3.63, 3.8) is 0 Å². The summed E-state index contributed by atoms with van der Waals surface area (Å²) < 4.78 is 0. The highest BCUT2D eigenvalue weighted by atomic mass is 35.5. The predicted octanol–water partition coefficient (Wildman–Crippen LogP) is 2.86. The van der Waals surface area contributed by atoms with Gasteiger partial charge in [-0.3, -0.25) is 4.79 Å². The molecule has 0 atom stereocenters. The fraction of sp³-hybridized carbons (Fsp3) is 0.462. The third-order valence-electron chi connectivity index (χ3n) is 2.34. The average molecular weight is 289 g/mol. The molecule has 0 fully saturated rings. The minimum absolute atomic E-state index is 0.0122. The smallest absolute Gasteiger partial charge is 0.233 e. The highest BCUT2D eigenvalue weighted by Crippen LogP contribution is 2.25. The van der Waals surface area contributed by atoms with Gasteiger partial charge >= 0.3 is 0 Å². The van der Waals surface area contributed by atoms with Crippen LogP contribution in [0.3, 0.4) is 0 Å². The van der Waals surface area contributed by atoms with Crippen molar-refractivity contribution in [2.45, 2.75) is 20.4 Å². The molecule has 1 amide bonds. The average Bonchev–Trinajstić information content (AvgIpc) is 2.32. The van der Waals surface area contributed by atoms with Crippen molar-refractivity contribution in [1.29, 1.82) is 0 Å². The maximum Gasteiger partial charge on any atom is 0.233 e. The molecule has 0 radical (unpaired) electrons. The van der Waals surface area contributed by atoms with Crippen LogP contribution in [0.1, 0.15) is 19.4 Å². The van der Waals surface area contributed by atoms with Gasteiger partial charge in [-0.1, -0.05) is 49.2 Å². The SMILES string of the molecule is CC(C)CNC(=O)CNCc1cccc(Cl)c1Cl. The molecule has 0 saturated heterocycles. The summed E-state index contributed by atoms with van der Waals surface area (Å²) in [5, 5.41) is 6.94. The maximum absolute atomic E-state index is 11.5. The lowest BCUT2D eigenvalue weighted by Crippen LogP contribution is -2.35. The first kappa shape index (κ1) is 15.3. The maximum atomic E-state index is 11.5. The zero-order valence-corrected chi connectivity index (χ0v) is 12.1. The lowest BCUT2D eigenvalue weighted by atomic mass is 10.2. The van der Waals surface area contributed by atoms with Gasteiger partial charge in [-0.25, -0.2) is 0 Å². The number of benzene rings is 1. The Morgan fingerprint density at radius 2 is 2.06 bits per heavy atom. The number of rotatable bonds is 6. The van der Waals surface area contributed by atoms with Crippen molar-refractivity contribution in [2.24, 2.45) is 5.92 Å². The third-order valence-corrected chi connectivity index (χ3v) is 3.20. The molecule has 0 heterocycles. The van der Waals surface area contributed by atoms with E-state index in [9.17, 15) is 4.79 Å². The van der Waals surface area contributed by atoms with Gasteiger partial charge in [0.05, 0.1) is 16.6 Å². The number of carbonyl (C=O) groups excluding carboxylic acids is 1. The van der Waals surface area contributed by atoms with E-state index in [1.165, 1.54) is 0 Å². The second-order valence-electron chi connectivity index (χ2n) is 4.51. The largest absolute Gasteiger partial charge is 0.355 e. The van der Waals surface area contributed by atoms with Crippen LogP contribution in [0.15, 0.2) is 18.2 Å². The Bertz CT molecular complexity index is 408. The van der Waals surface area contributed by atoms with E-state index in [4.69, 9.17) is 23.2 Å². The Kier molecular flexibility index (Phi) is 6.47. The summed E-state index contributed by atoms with van der Waals surface area (Å²) in [5.74, 6) is 0.443. The van der Waals surface area contributed by atoms with Crippen molar-refractivity contribution < 1.29 is 4.79 Å². The molecule has 0 aliphatic heterocycles. The van der Waals surface area contributed by atoms with Gasteiger partial charge in [-0.15, -0.1) is 0 Å². The Balaban J connectivity index is 2.33. The summed E-state index contributed by atoms with van der Waals surface area (Å²) in [6.07, 6.45) is 0. The number of hydrogen-bond donors (Lipinski definition) is 2. The monoisotopic (exact) mass is 288 g/mol. The van der Waals surface area contributed by atoms with Crippen molar-refractivity contribution in [3.05, 3.63) is 33.8 Å². The normalized spacial score (nSPS) is 10.7. The molecule has 18 heavy (non-hydrogen) atoms. The summed E-state index contributed by atoms with van der Waals surface area (Å²) in [6.45, 7) is 5.60. The standard InChI is InChI=1S/C13H18Cl2N2O/c1-9(2)6-17-12(18)8-16-7-10-4-3-5-11(14)13(10)15/h3-5,9,16H,6-8H2,1-2H3,(H,17,18). The first-order valence-electron chi connectivity index (χ1n) is 5.91. The molecule has 5 heteroatoms. The Labute approximate surface area is 118 Å². The number of carbonyl (C=O) groups is 1. The highest BCUT2D eigenvalue weighted by Gasteiger charge is 2.05. The van der Waals surface area contributed by atoms with Crippen LogP contribution in [0, 0.1) is 5.92 Å². The molecule has 100 valence electrons. The van der Waals surface area contributed by atoms with Crippen molar-refractivity contribution >= 4 is 29.1 Å². The molecular formula is C13H18Cl2N2O. The van der Waals surface area contributed by atoms with Crippen LogP contribution in [0.4, 0.5) is 0 Å². The fourth-order valence-corrected chi connectivity index (χ4v) is 1.76. The number of amides is 1. The van der Waals surface area contributed by atoms with Gasteiger partial charge in [0.2, 0.25) is 5.91 Å². The first-order chi connectivity index (χ1) is 8.50. The topological polar surface area (TPSA) is 41.1 Å². The molecule has 1 aromatic carbocycles. The zero-order chi connectivity index (χ0) is 13.5.